The summed E-state index contributed by atoms with van der Waals surface area (Å²) >= 11 is 0. The second-order valence-electron chi connectivity index (χ2n) is 7.85. The molecule has 0 unspecified atom stereocenters. The van der Waals surface area contributed by atoms with Crippen molar-refractivity contribution in [3.63, 3.8) is 0 Å². The van der Waals surface area contributed by atoms with E-state index in [4.69, 9.17) is 0 Å². The van der Waals surface area contributed by atoms with Gasteiger partial charge in [0.1, 0.15) is 0 Å². The number of alkyl halides is 3. The molecule has 1 N–H and O–H groups in total. The molecule has 1 aliphatic rings. The van der Waals surface area contributed by atoms with Crippen molar-refractivity contribution < 1.29 is 13.2 Å². The largest absolute Gasteiger partial charge is 0.417 e. The second kappa shape index (κ2) is 8.58. The summed E-state index contributed by atoms with van der Waals surface area (Å²) < 4.78 is 40.6. The van der Waals surface area contributed by atoms with Gasteiger partial charge in [0.05, 0.1) is 5.56 Å². The highest BCUT2D eigenvalue weighted by molar-refractivity contribution is 5.86. The first kappa shape index (κ1) is 20.7. The maximum Gasteiger partial charge on any atom is 0.417 e. The molecule has 0 amide bonds. The molecular weight excluding hydrogens is 365 g/mol. The van der Waals surface area contributed by atoms with Gasteiger partial charge in [0.2, 0.25) is 5.56 Å². The third-order valence-corrected chi connectivity index (χ3v) is 5.83. The SMILES string of the molecule is CCCC[C@@H]1CC[C@H](CCCC)N1c1ccc2[nH]c(=O)cc(C(F)(F)F)c2c1. The zero-order valence-corrected chi connectivity index (χ0v) is 16.6. The standard InChI is InChI=1S/C22H29F3N2O/c1-3-5-7-15-9-10-16(8-6-4-2)27(15)17-11-12-20-18(13-17)19(22(23,24)25)14-21(28)26-20/h11-16H,3-10H2,1-2H3,(H,26,28)/t15-,16+. The average Bonchev–Trinajstić information content (AvgIpc) is 3.05. The highest BCUT2D eigenvalue weighted by atomic mass is 19.4. The number of nitrogens with zero attached hydrogens (tertiary/aromatic N) is 1. The van der Waals surface area contributed by atoms with Crippen molar-refractivity contribution in [1.82, 2.24) is 4.98 Å². The minimum atomic E-state index is -4.56. The number of pyridine rings is 1. The molecule has 1 aromatic heterocycles. The Bertz CT molecular complexity index is 843. The Morgan fingerprint density at radius 3 is 2.18 bits per heavy atom. The van der Waals surface area contributed by atoms with Gasteiger partial charge in [-0.2, -0.15) is 13.2 Å². The van der Waals surface area contributed by atoms with E-state index in [0.717, 1.165) is 57.1 Å². The molecule has 2 heterocycles. The number of aromatic nitrogens is 1. The fraction of sp³-hybridized carbons (Fsp3) is 0.591. The van der Waals surface area contributed by atoms with Gasteiger partial charge in [0, 0.05) is 34.7 Å². The summed E-state index contributed by atoms with van der Waals surface area (Å²) in [6.45, 7) is 4.33. The van der Waals surface area contributed by atoms with Crippen molar-refractivity contribution in [2.75, 3.05) is 4.90 Å². The fourth-order valence-electron chi connectivity index (χ4n) is 4.47. The van der Waals surface area contributed by atoms with Gasteiger partial charge in [0.15, 0.2) is 0 Å². The predicted molar refractivity (Wildman–Crippen MR) is 108 cm³/mol. The minimum absolute atomic E-state index is 0.0694. The third kappa shape index (κ3) is 4.36. The normalized spacial score (nSPS) is 20.2. The minimum Gasteiger partial charge on any atom is -0.366 e. The Labute approximate surface area is 163 Å². The van der Waals surface area contributed by atoms with Gasteiger partial charge in [-0.1, -0.05) is 39.5 Å². The molecule has 1 saturated heterocycles. The van der Waals surface area contributed by atoms with Crippen LogP contribution in [0.25, 0.3) is 10.9 Å². The van der Waals surface area contributed by atoms with Gasteiger partial charge in [-0.15, -0.1) is 0 Å². The molecular formula is C22H29F3N2O. The van der Waals surface area contributed by atoms with Crippen molar-refractivity contribution in [3.8, 4) is 0 Å². The van der Waals surface area contributed by atoms with Crippen LogP contribution in [-0.2, 0) is 6.18 Å². The number of hydrogen-bond donors (Lipinski definition) is 1. The Morgan fingerprint density at radius 1 is 1.04 bits per heavy atom. The molecule has 0 spiro atoms. The van der Waals surface area contributed by atoms with Crippen LogP contribution in [0.5, 0.6) is 0 Å². The zero-order valence-electron chi connectivity index (χ0n) is 16.6. The summed E-state index contributed by atoms with van der Waals surface area (Å²) in [5, 5.41) is 0.0694. The Balaban J connectivity index is 2.05. The second-order valence-corrected chi connectivity index (χ2v) is 7.85. The molecule has 1 aliphatic heterocycles. The lowest BCUT2D eigenvalue weighted by Crippen LogP contribution is -2.36. The van der Waals surface area contributed by atoms with Crippen molar-refractivity contribution in [1.29, 1.82) is 0 Å². The summed E-state index contributed by atoms with van der Waals surface area (Å²) in [4.78, 5) is 16.6. The molecule has 1 fully saturated rings. The number of rotatable bonds is 7. The van der Waals surface area contributed by atoms with Crippen LogP contribution in [-0.4, -0.2) is 17.1 Å². The van der Waals surface area contributed by atoms with Crippen LogP contribution in [0.4, 0.5) is 18.9 Å². The Hall–Kier alpha value is -1.98. The van der Waals surface area contributed by atoms with Crippen LogP contribution in [0.2, 0.25) is 0 Å². The van der Waals surface area contributed by atoms with Crippen LogP contribution in [0.1, 0.15) is 70.8 Å². The van der Waals surface area contributed by atoms with Crippen molar-refractivity contribution in [2.24, 2.45) is 0 Å². The number of aromatic amines is 1. The van der Waals surface area contributed by atoms with E-state index in [0.29, 0.717) is 18.2 Å². The van der Waals surface area contributed by atoms with E-state index in [-0.39, 0.29) is 10.9 Å². The van der Waals surface area contributed by atoms with E-state index in [1.54, 1.807) is 12.1 Å². The van der Waals surface area contributed by atoms with Gasteiger partial charge >= 0.3 is 6.18 Å². The first-order valence-corrected chi connectivity index (χ1v) is 10.4. The molecule has 6 heteroatoms. The van der Waals surface area contributed by atoms with Crippen LogP contribution < -0.4 is 10.5 Å². The zero-order chi connectivity index (χ0) is 20.3. The summed E-state index contributed by atoms with van der Waals surface area (Å²) in [6.07, 6.45) is 4.21. The van der Waals surface area contributed by atoms with Crippen molar-refractivity contribution in [2.45, 2.75) is 83.5 Å². The number of benzene rings is 1. The summed E-state index contributed by atoms with van der Waals surface area (Å²) in [7, 11) is 0. The predicted octanol–water partition coefficient (Wildman–Crippen LogP) is 6.26. The summed E-state index contributed by atoms with van der Waals surface area (Å²) in [5.74, 6) is 0. The van der Waals surface area contributed by atoms with E-state index in [1.807, 2.05) is 6.07 Å². The first-order valence-electron chi connectivity index (χ1n) is 10.4. The van der Waals surface area contributed by atoms with Gasteiger partial charge < -0.3 is 9.88 Å². The Kier molecular flexibility index (Phi) is 6.36. The number of hydrogen-bond acceptors (Lipinski definition) is 2. The topological polar surface area (TPSA) is 36.1 Å². The molecule has 0 radical (unpaired) electrons. The van der Waals surface area contributed by atoms with Crippen LogP contribution in [0.3, 0.4) is 0 Å². The van der Waals surface area contributed by atoms with Crippen LogP contribution in [0.15, 0.2) is 29.1 Å². The monoisotopic (exact) mass is 394 g/mol. The van der Waals surface area contributed by atoms with Crippen molar-refractivity contribution >= 4 is 16.6 Å². The first-order chi connectivity index (χ1) is 13.3. The molecule has 3 nitrogen and oxygen atoms in total. The molecule has 2 atom stereocenters. The quantitative estimate of drug-likeness (QED) is 0.601. The molecule has 28 heavy (non-hydrogen) atoms. The molecule has 0 saturated carbocycles. The summed E-state index contributed by atoms with van der Waals surface area (Å²) in [5.41, 5.74) is -0.513. The van der Waals surface area contributed by atoms with Crippen molar-refractivity contribution in [3.05, 3.63) is 40.2 Å². The van der Waals surface area contributed by atoms with E-state index >= 15 is 0 Å². The van der Waals surface area contributed by atoms with Gasteiger partial charge in [-0.3, -0.25) is 4.79 Å². The van der Waals surface area contributed by atoms with Gasteiger partial charge in [-0.25, -0.2) is 0 Å². The third-order valence-electron chi connectivity index (χ3n) is 5.83. The number of anilines is 1. The smallest absolute Gasteiger partial charge is 0.366 e. The highest BCUT2D eigenvalue weighted by Gasteiger charge is 2.35. The number of halogens is 3. The summed E-state index contributed by atoms with van der Waals surface area (Å²) in [6, 6.07) is 6.51. The molecule has 0 bridgehead atoms. The highest BCUT2D eigenvalue weighted by Crippen LogP contribution is 2.39. The van der Waals surface area contributed by atoms with Gasteiger partial charge in [-0.05, 0) is 43.9 Å². The van der Waals surface area contributed by atoms with E-state index in [9.17, 15) is 18.0 Å². The molecule has 0 aliphatic carbocycles. The van der Waals surface area contributed by atoms with Crippen LogP contribution in [0, 0.1) is 0 Å². The number of unbranched alkanes of at least 4 members (excludes halogenated alkanes) is 2. The van der Waals surface area contributed by atoms with Gasteiger partial charge in [0.25, 0.3) is 0 Å². The molecule has 2 aromatic rings. The average molecular weight is 394 g/mol. The maximum absolute atomic E-state index is 13.5. The number of H-pyrrole nitrogens is 1. The molecule has 3 rings (SSSR count). The van der Waals surface area contributed by atoms with Crippen LogP contribution >= 0.6 is 0 Å². The van der Waals surface area contributed by atoms with E-state index < -0.39 is 17.3 Å². The lowest BCUT2D eigenvalue weighted by atomic mass is 10.0. The number of nitrogens with one attached hydrogen (secondary N) is 1. The Morgan fingerprint density at radius 2 is 1.64 bits per heavy atom. The lowest BCUT2D eigenvalue weighted by molar-refractivity contribution is -0.136. The molecule has 154 valence electrons. The fourth-order valence-corrected chi connectivity index (χ4v) is 4.47. The number of fused-ring (bicyclic) bond motifs is 1. The maximum atomic E-state index is 13.5. The van der Waals surface area contributed by atoms with E-state index in [1.165, 1.54) is 0 Å². The van der Waals surface area contributed by atoms with E-state index in [2.05, 4.69) is 23.7 Å². The molecule has 1 aromatic carbocycles. The lowest BCUT2D eigenvalue weighted by Gasteiger charge is -2.33.